The molecule has 28 heavy (non-hydrogen) atoms. The minimum absolute atomic E-state index is 0.114. The van der Waals surface area contributed by atoms with Gasteiger partial charge in [-0.25, -0.2) is 8.42 Å². The summed E-state index contributed by atoms with van der Waals surface area (Å²) in [6, 6.07) is 3.48. The highest BCUT2D eigenvalue weighted by Gasteiger charge is 2.52. The molecule has 1 aromatic carbocycles. The molecule has 158 valence electrons. The monoisotopic (exact) mass is 423 g/mol. The number of alkyl halides is 3. The van der Waals surface area contributed by atoms with Crippen LogP contribution in [-0.2, 0) is 19.3 Å². The summed E-state index contributed by atoms with van der Waals surface area (Å²) >= 11 is 0. The SMILES string of the molecule is CCN(CC)S(=O)(=O)c1ccc(B2OC(C)(C)C(C)(C)O2)cc1OC(F)(F)F. The van der Waals surface area contributed by atoms with Crippen LogP contribution in [0.25, 0.3) is 0 Å². The highest BCUT2D eigenvalue weighted by molar-refractivity contribution is 7.89. The van der Waals surface area contributed by atoms with Crippen LogP contribution in [0.15, 0.2) is 23.1 Å². The summed E-state index contributed by atoms with van der Waals surface area (Å²) in [6.45, 7) is 10.7. The van der Waals surface area contributed by atoms with Gasteiger partial charge in [-0.05, 0) is 45.3 Å². The minimum Gasteiger partial charge on any atom is -0.404 e. The Hall–Kier alpha value is -1.30. The van der Waals surface area contributed by atoms with Crippen LogP contribution in [0.4, 0.5) is 13.2 Å². The summed E-state index contributed by atoms with van der Waals surface area (Å²) in [6.07, 6.45) is -5.05. The number of hydrogen-bond donors (Lipinski definition) is 0. The van der Waals surface area contributed by atoms with E-state index in [0.717, 1.165) is 16.4 Å². The standard InChI is InChI=1S/C17H25BF3NO5S/c1-7-22(8-2)28(23,24)14-10-9-12(11-13(14)25-17(19,20)21)18-26-15(3,4)16(5,6)27-18/h9-11H,7-8H2,1-6H3. The second-order valence-electron chi connectivity index (χ2n) is 7.43. The van der Waals surface area contributed by atoms with Gasteiger partial charge in [-0.3, -0.25) is 0 Å². The molecule has 0 radical (unpaired) electrons. The van der Waals surface area contributed by atoms with E-state index in [4.69, 9.17) is 9.31 Å². The zero-order chi connectivity index (χ0) is 21.5. The Kier molecular flexibility index (Phi) is 6.17. The van der Waals surface area contributed by atoms with Gasteiger partial charge in [0.15, 0.2) is 0 Å². The first kappa shape index (κ1) is 23.0. The molecule has 2 rings (SSSR count). The van der Waals surface area contributed by atoms with E-state index in [1.165, 1.54) is 6.07 Å². The number of halogens is 3. The smallest absolute Gasteiger partial charge is 0.404 e. The molecule has 1 aliphatic rings. The number of hydrogen-bond acceptors (Lipinski definition) is 5. The molecule has 11 heteroatoms. The normalized spacial score (nSPS) is 19.3. The fraction of sp³-hybridized carbons (Fsp3) is 0.647. The molecule has 1 fully saturated rings. The summed E-state index contributed by atoms with van der Waals surface area (Å²) in [7, 11) is -5.12. The third-order valence-corrected chi connectivity index (χ3v) is 7.13. The lowest BCUT2D eigenvalue weighted by atomic mass is 9.79. The summed E-state index contributed by atoms with van der Waals surface area (Å²) in [4.78, 5) is -0.561. The summed E-state index contributed by atoms with van der Waals surface area (Å²) < 4.78 is 81.1. The van der Waals surface area contributed by atoms with Gasteiger partial charge in [0.2, 0.25) is 10.0 Å². The molecule has 0 amide bonds. The lowest BCUT2D eigenvalue weighted by molar-refractivity contribution is -0.275. The maximum atomic E-state index is 12.9. The summed E-state index contributed by atoms with van der Waals surface area (Å²) in [5.74, 6) is -0.813. The van der Waals surface area contributed by atoms with Gasteiger partial charge in [-0.2, -0.15) is 4.31 Å². The number of rotatable bonds is 6. The van der Waals surface area contributed by atoms with E-state index in [2.05, 4.69) is 4.74 Å². The predicted molar refractivity (Wildman–Crippen MR) is 98.9 cm³/mol. The van der Waals surface area contributed by atoms with E-state index in [1.807, 2.05) is 0 Å². The molecule has 1 heterocycles. The van der Waals surface area contributed by atoms with Crippen LogP contribution >= 0.6 is 0 Å². The van der Waals surface area contributed by atoms with Gasteiger partial charge in [0, 0.05) is 13.1 Å². The maximum absolute atomic E-state index is 12.9. The molecule has 0 unspecified atom stereocenters. The van der Waals surface area contributed by atoms with Crippen LogP contribution in [0.3, 0.4) is 0 Å². The van der Waals surface area contributed by atoms with Crippen molar-refractivity contribution in [3.05, 3.63) is 18.2 Å². The number of benzene rings is 1. The van der Waals surface area contributed by atoms with E-state index in [0.29, 0.717) is 0 Å². The lowest BCUT2D eigenvalue weighted by Gasteiger charge is -2.32. The molecule has 0 aliphatic carbocycles. The van der Waals surface area contributed by atoms with E-state index < -0.39 is 45.4 Å². The van der Waals surface area contributed by atoms with Gasteiger partial charge in [0.25, 0.3) is 0 Å². The van der Waals surface area contributed by atoms with Gasteiger partial charge < -0.3 is 14.0 Å². The van der Waals surface area contributed by atoms with Crippen molar-refractivity contribution in [3.63, 3.8) is 0 Å². The molecule has 1 saturated heterocycles. The van der Waals surface area contributed by atoms with Crippen LogP contribution in [0.5, 0.6) is 5.75 Å². The van der Waals surface area contributed by atoms with Crippen molar-refractivity contribution in [1.29, 1.82) is 0 Å². The third-order valence-electron chi connectivity index (χ3n) is 5.04. The zero-order valence-corrected chi connectivity index (χ0v) is 17.6. The highest BCUT2D eigenvalue weighted by Crippen LogP contribution is 2.37. The van der Waals surface area contributed by atoms with Crippen LogP contribution in [0.1, 0.15) is 41.5 Å². The van der Waals surface area contributed by atoms with Crippen LogP contribution < -0.4 is 10.2 Å². The van der Waals surface area contributed by atoms with Crippen molar-refractivity contribution >= 4 is 22.6 Å². The highest BCUT2D eigenvalue weighted by atomic mass is 32.2. The number of nitrogens with zero attached hydrogens (tertiary/aromatic N) is 1. The third kappa shape index (κ3) is 4.47. The topological polar surface area (TPSA) is 65.1 Å². The Labute approximate surface area is 164 Å². The van der Waals surface area contributed by atoms with E-state index in [1.54, 1.807) is 41.5 Å². The molecule has 0 N–H and O–H groups in total. The van der Waals surface area contributed by atoms with Crippen molar-refractivity contribution < 1.29 is 35.6 Å². The molecule has 1 aliphatic heterocycles. The van der Waals surface area contributed by atoms with Crippen molar-refractivity contribution in [2.75, 3.05) is 13.1 Å². The Morgan fingerprint density at radius 1 is 1.07 bits per heavy atom. The number of sulfonamides is 1. The first-order chi connectivity index (χ1) is 12.6. The van der Waals surface area contributed by atoms with Crippen molar-refractivity contribution in [3.8, 4) is 5.75 Å². The van der Waals surface area contributed by atoms with Gasteiger partial charge in [-0.15, -0.1) is 13.2 Å². The Morgan fingerprint density at radius 2 is 1.57 bits per heavy atom. The Balaban J connectivity index is 2.53. The second-order valence-corrected chi connectivity index (χ2v) is 9.34. The van der Waals surface area contributed by atoms with Gasteiger partial charge in [0.05, 0.1) is 11.2 Å². The molecule has 6 nitrogen and oxygen atoms in total. The Bertz CT molecular complexity index is 807. The minimum atomic E-state index is -5.05. The van der Waals surface area contributed by atoms with Crippen molar-refractivity contribution in [2.45, 2.75) is 64.0 Å². The lowest BCUT2D eigenvalue weighted by Crippen LogP contribution is -2.41. The fourth-order valence-corrected chi connectivity index (χ4v) is 4.32. The summed E-state index contributed by atoms with van der Waals surface area (Å²) in [5, 5.41) is 0. The van der Waals surface area contributed by atoms with Gasteiger partial charge >= 0.3 is 13.5 Å². The Morgan fingerprint density at radius 3 is 2.00 bits per heavy atom. The summed E-state index contributed by atoms with van der Waals surface area (Å²) in [5.41, 5.74) is -1.17. The molecular weight excluding hydrogens is 398 g/mol. The molecule has 0 aromatic heterocycles. The van der Waals surface area contributed by atoms with E-state index in [-0.39, 0.29) is 18.6 Å². The molecule has 0 bridgehead atoms. The largest absolute Gasteiger partial charge is 0.573 e. The van der Waals surface area contributed by atoms with E-state index >= 15 is 0 Å². The number of ether oxygens (including phenoxy) is 1. The van der Waals surface area contributed by atoms with Crippen LogP contribution in [0, 0.1) is 0 Å². The average molecular weight is 423 g/mol. The van der Waals surface area contributed by atoms with Crippen molar-refractivity contribution in [1.82, 2.24) is 4.31 Å². The average Bonchev–Trinajstić information content (AvgIpc) is 2.74. The molecule has 0 atom stereocenters. The quantitative estimate of drug-likeness (QED) is 0.659. The molecule has 0 saturated carbocycles. The molecular formula is C17H25BF3NO5S. The van der Waals surface area contributed by atoms with E-state index in [9.17, 15) is 21.6 Å². The van der Waals surface area contributed by atoms with Crippen LogP contribution in [0.2, 0.25) is 0 Å². The predicted octanol–water partition coefficient (Wildman–Crippen LogP) is 2.91. The maximum Gasteiger partial charge on any atom is 0.573 e. The fourth-order valence-electron chi connectivity index (χ4n) is 2.77. The first-order valence-electron chi connectivity index (χ1n) is 8.90. The van der Waals surface area contributed by atoms with Crippen molar-refractivity contribution in [2.24, 2.45) is 0 Å². The van der Waals surface area contributed by atoms with Gasteiger partial charge in [-0.1, -0.05) is 19.9 Å². The zero-order valence-electron chi connectivity index (χ0n) is 16.8. The molecule has 1 aromatic rings. The molecule has 0 spiro atoms. The first-order valence-corrected chi connectivity index (χ1v) is 10.3. The van der Waals surface area contributed by atoms with Crippen LogP contribution in [-0.4, -0.2) is 50.5 Å². The second kappa shape index (κ2) is 7.51. The van der Waals surface area contributed by atoms with Gasteiger partial charge in [0.1, 0.15) is 10.6 Å².